The van der Waals surface area contributed by atoms with Crippen molar-refractivity contribution in [1.82, 2.24) is 4.90 Å². The Balaban J connectivity index is 1.64. The number of allylic oxidation sites excluding steroid dienone is 2. The van der Waals surface area contributed by atoms with Crippen molar-refractivity contribution in [3.8, 4) is 0 Å². The molecule has 6 nitrogen and oxygen atoms in total. The predicted octanol–water partition coefficient (Wildman–Crippen LogP) is 4.50. The molecule has 0 spiro atoms. The molecule has 2 heterocycles. The van der Waals surface area contributed by atoms with E-state index in [4.69, 9.17) is 10.6 Å². The molecule has 2 aliphatic rings. The molecule has 3 rings (SSSR count). The van der Waals surface area contributed by atoms with Crippen LogP contribution < -0.4 is 10.7 Å². The lowest BCUT2D eigenvalue weighted by atomic mass is 10.00. The van der Waals surface area contributed by atoms with E-state index in [9.17, 15) is 0 Å². The standard InChI is InChI=1S/C28H41N5O/c1-5-10-23(6-2)20-32(4)25-11-9-15-33(21-25)24-13-14-27(22(3)17-24)28(31-29)19-30-18-26-12-7-8-16-34-26/h5-6,10,13-14,17,19,25-26H,1-2,7-9,11-12,15-16,18,20-21,29H2,3-4H3/b23-10+,30-19?,31-28+. The molecule has 0 saturated carbocycles. The highest BCUT2D eigenvalue weighted by Crippen LogP contribution is 2.25. The number of aryl methyl sites for hydroxylation is 1. The molecule has 0 aromatic heterocycles. The molecular formula is C28H41N5O. The number of hydrogen-bond donors (Lipinski definition) is 1. The van der Waals surface area contributed by atoms with Crippen LogP contribution in [-0.4, -0.2) is 68.8 Å². The highest BCUT2D eigenvalue weighted by Gasteiger charge is 2.24. The number of ether oxygens (including phenoxy) is 1. The van der Waals surface area contributed by atoms with Crippen molar-refractivity contribution in [3.63, 3.8) is 0 Å². The zero-order valence-corrected chi connectivity index (χ0v) is 21.0. The van der Waals surface area contributed by atoms with Gasteiger partial charge in [0.2, 0.25) is 0 Å². The van der Waals surface area contributed by atoms with Crippen molar-refractivity contribution in [1.29, 1.82) is 0 Å². The van der Waals surface area contributed by atoms with E-state index in [1.165, 1.54) is 30.5 Å². The van der Waals surface area contributed by atoms with E-state index in [0.717, 1.165) is 50.2 Å². The van der Waals surface area contributed by atoms with Crippen molar-refractivity contribution in [2.75, 3.05) is 44.7 Å². The zero-order chi connectivity index (χ0) is 24.3. The maximum absolute atomic E-state index is 5.76. The molecule has 1 aromatic rings. The summed E-state index contributed by atoms with van der Waals surface area (Å²) in [5.74, 6) is 5.73. The molecule has 0 bridgehead atoms. The number of hydrogen-bond acceptors (Lipinski definition) is 6. The first-order valence-electron chi connectivity index (χ1n) is 12.4. The molecule has 0 amide bonds. The monoisotopic (exact) mass is 463 g/mol. The van der Waals surface area contributed by atoms with Gasteiger partial charge in [0.05, 0.1) is 12.6 Å². The van der Waals surface area contributed by atoms with Gasteiger partial charge in [-0.3, -0.25) is 9.89 Å². The van der Waals surface area contributed by atoms with Gasteiger partial charge in [0.25, 0.3) is 0 Å². The third kappa shape index (κ3) is 7.15. The molecule has 2 unspecified atom stereocenters. The second-order valence-electron chi connectivity index (χ2n) is 9.33. The van der Waals surface area contributed by atoms with Gasteiger partial charge in [-0.05, 0) is 69.3 Å². The van der Waals surface area contributed by atoms with Crippen LogP contribution in [0.25, 0.3) is 0 Å². The van der Waals surface area contributed by atoms with Gasteiger partial charge in [0.15, 0.2) is 0 Å². The van der Waals surface area contributed by atoms with Crippen LogP contribution in [0.2, 0.25) is 0 Å². The van der Waals surface area contributed by atoms with E-state index in [-0.39, 0.29) is 6.10 Å². The second-order valence-corrected chi connectivity index (χ2v) is 9.33. The fourth-order valence-electron chi connectivity index (χ4n) is 4.82. The van der Waals surface area contributed by atoms with Crippen molar-refractivity contribution in [3.05, 3.63) is 66.3 Å². The Morgan fingerprint density at radius 3 is 2.79 bits per heavy atom. The second kappa shape index (κ2) is 13.3. The largest absolute Gasteiger partial charge is 0.376 e. The highest BCUT2D eigenvalue weighted by atomic mass is 16.5. The van der Waals surface area contributed by atoms with Crippen molar-refractivity contribution in [2.45, 2.75) is 51.2 Å². The predicted molar refractivity (Wildman–Crippen MR) is 145 cm³/mol. The van der Waals surface area contributed by atoms with E-state index in [1.807, 2.05) is 18.2 Å². The number of rotatable bonds is 10. The van der Waals surface area contributed by atoms with E-state index in [1.54, 1.807) is 6.21 Å². The highest BCUT2D eigenvalue weighted by molar-refractivity contribution is 6.38. The summed E-state index contributed by atoms with van der Waals surface area (Å²) in [6, 6.07) is 7.04. The molecule has 0 aliphatic carbocycles. The Morgan fingerprint density at radius 2 is 2.12 bits per heavy atom. The molecule has 2 atom stereocenters. The number of anilines is 1. The first kappa shape index (κ1) is 25.9. The number of hydrazone groups is 1. The normalized spacial score (nSPS) is 22.4. The molecule has 6 heteroatoms. The molecule has 1 aromatic carbocycles. The van der Waals surface area contributed by atoms with E-state index < -0.39 is 0 Å². The van der Waals surface area contributed by atoms with E-state index in [0.29, 0.717) is 18.3 Å². The van der Waals surface area contributed by atoms with Gasteiger partial charge in [-0.25, -0.2) is 0 Å². The van der Waals surface area contributed by atoms with Gasteiger partial charge in [-0.15, -0.1) is 0 Å². The van der Waals surface area contributed by atoms with Crippen LogP contribution in [0.5, 0.6) is 0 Å². The Morgan fingerprint density at radius 1 is 1.26 bits per heavy atom. The fraction of sp³-hybridized carbons (Fsp3) is 0.500. The van der Waals surface area contributed by atoms with Crippen molar-refractivity contribution < 1.29 is 4.74 Å². The minimum atomic E-state index is 0.215. The summed E-state index contributed by atoms with van der Waals surface area (Å²) in [5.41, 5.74) is 5.33. The number of nitrogens with zero attached hydrogens (tertiary/aromatic N) is 4. The molecule has 2 N–H and O–H groups in total. The fourth-order valence-corrected chi connectivity index (χ4v) is 4.82. The molecule has 2 aliphatic heterocycles. The lowest BCUT2D eigenvalue weighted by Gasteiger charge is -2.39. The number of piperidine rings is 1. The number of nitrogens with two attached hydrogens (primary N) is 1. The van der Waals surface area contributed by atoms with E-state index in [2.05, 4.69) is 65.2 Å². The average molecular weight is 464 g/mol. The van der Waals surface area contributed by atoms with Gasteiger partial charge in [-0.2, -0.15) is 5.10 Å². The van der Waals surface area contributed by atoms with Crippen LogP contribution in [0, 0.1) is 6.92 Å². The summed E-state index contributed by atoms with van der Waals surface area (Å²) in [5, 5.41) is 4.02. The van der Waals surface area contributed by atoms with Gasteiger partial charge in [-0.1, -0.05) is 37.5 Å². The summed E-state index contributed by atoms with van der Waals surface area (Å²) in [4.78, 5) is 9.49. The molecular weight excluding hydrogens is 422 g/mol. The Labute approximate surface area is 205 Å². The van der Waals surface area contributed by atoms with Gasteiger partial charge < -0.3 is 15.5 Å². The summed E-state index contributed by atoms with van der Waals surface area (Å²) in [6.07, 6.45) is 13.6. The Hall–Kier alpha value is -2.70. The topological polar surface area (TPSA) is 66.5 Å². The van der Waals surface area contributed by atoms with Crippen molar-refractivity contribution >= 4 is 17.6 Å². The molecule has 2 fully saturated rings. The molecule has 0 radical (unpaired) electrons. The summed E-state index contributed by atoms with van der Waals surface area (Å²) < 4.78 is 5.76. The Kier molecular flexibility index (Phi) is 10.1. The number of benzene rings is 1. The van der Waals surface area contributed by atoms with Gasteiger partial charge in [0.1, 0.15) is 5.71 Å². The van der Waals surface area contributed by atoms with Gasteiger partial charge >= 0.3 is 0 Å². The quantitative estimate of drug-likeness (QED) is 0.240. The van der Waals surface area contributed by atoms with Crippen LogP contribution in [0.15, 0.2) is 65.3 Å². The van der Waals surface area contributed by atoms with E-state index >= 15 is 0 Å². The maximum Gasteiger partial charge on any atom is 0.108 e. The minimum absolute atomic E-state index is 0.215. The summed E-state index contributed by atoms with van der Waals surface area (Å²) >= 11 is 0. The number of aliphatic imine (C=N–C) groups is 1. The minimum Gasteiger partial charge on any atom is -0.376 e. The third-order valence-electron chi connectivity index (χ3n) is 6.83. The smallest absolute Gasteiger partial charge is 0.108 e. The van der Waals surface area contributed by atoms with Crippen LogP contribution >= 0.6 is 0 Å². The SMILES string of the molecule is C=C/C=C(\C=C)CN(C)C1CCCN(c2ccc(/C(C=NCC3CCCCO3)=N/N)c(C)c2)C1. The lowest BCUT2D eigenvalue weighted by Crippen LogP contribution is -2.47. The summed E-state index contributed by atoms with van der Waals surface area (Å²) in [6.45, 7) is 14.3. The molecule has 184 valence electrons. The first-order valence-corrected chi connectivity index (χ1v) is 12.4. The molecule has 2 saturated heterocycles. The summed E-state index contributed by atoms with van der Waals surface area (Å²) in [7, 11) is 2.20. The zero-order valence-electron chi connectivity index (χ0n) is 21.0. The maximum atomic E-state index is 5.76. The van der Waals surface area contributed by atoms with Crippen molar-refractivity contribution in [2.24, 2.45) is 15.9 Å². The first-order chi connectivity index (χ1) is 16.5. The number of likely N-dealkylation sites (N-methyl/N-ethyl adjacent to an activating group) is 1. The average Bonchev–Trinajstić information content (AvgIpc) is 2.87. The van der Waals surface area contributed by atoms with Crippen LogP contribution in [0.1, 0.15) is 43.2 Å². The van der Waals surface area contributed by atoms with Gasteiger partial charge in [0, 0.05) is 49.7 Å². The van der Waals surface area contributed by atoms with Crippen LogP contribution in [0.3, 0.4) is 0 Å². The van der Waals surface area contributed by atoms with Crippen LogP contribution in [0.4, 0.5) is 5.69 Å². The third-order valence-corrected chi connectivity index (χ3v) is 6.83. The lowest BCUT2D eigenvalue weighted by molar-refractivity contribution is 0.0226. The Bertz CT molecular complexity index is 913. The molecule has 34 heavy (non-hydrogen) atoms. The van der Waals surface area contributed by atoms with Crippen LogP contribution in [-0.2, 0) is 4.74 Å².